The molecule has 1 unspecified atom stereocenters. The number of ether oxygens (including phenoxy) is 1. The fourth-order valence-electron chi connectivity index (χ4n) is 1.65. The molecule has 0 spiro atoms. The highest BCUT2D eigenvalue weighted by atomic mass is 16.5. The van der Waals surface area contributed by atoms with Crippen LogP contribution < -0.4 is 10.6 Å². The molecule has 80 valence electrons. The van der Waals surface area contributed by atoms with Gasteiger partial charge in [-0.1, -0.05) is 0 Å². The summed E-state index contributed by atoms with van der Waals surface area (Å²) in [6, 6.07) is 0.493. The second-order valence-corrected chi connectivity index (χ2v) is 4.08. The zero-order chi connectivity index (χ0) is 9.80. The first-order valence-electron chi connectivity index (χ1n) is 5.45. The maximum absolute atomic E-state index is 11.2. The molecule has 1 heterocycles. The van der Waals surface area contributed by atoms with Crippen molar-refractivity contribution in [2.24, 2.45) is 5.92 Å². The average Bonchev–Trinajstić information content (AvgIpc) is 2.92. The fraction of sp³-hybridized carbons (Fsp3) is 0.900. The van der Waals surface area contributed by atoms with Crippen LogP contribution in [0.15, 0.2) is 0 Å². The third-order valence-electron chi connectivity index (χ3n) is 2.74. The summed E-state index contributed by atoms with van der Waals surface area (Å²) in [5.41, 5.74) is 0. The van der Waals surface area contributed by atoms with Crippen molar-refractivity contribution in [3.63, 3.8) is 0 Å². The van der Waals surface area contributed by atoms with Gasteiger partial charge in [-0.05, 0) is 19.3 Å². The second-order valence-electron chi connectivity index (χ2n) is 4.08. The van der Waals surface area contributed by atoms with E-state index in [9.17, 15) is 4.79 Å². The molecule has 1 saturated heterocycles. The summed E-state index contributed by atoms with van der Waals surface area (Å²) in [4.78, 5) is 11.2. The van der Waals surface area contributed by atoms with Gasteiger partial charge in [-0.3, -0.25) is 4.79 Å². The Kier molecular flexibility index (Phi) is 3.37. The van der Waals surface area contributed by atoms with Gasteiger partial charge in [-0.2, -0.15) is 0 Å². The number of rotatable bonds is 5. The summed E-state index contributed by atoms with van der Waals surface area (Å²) in [6.45, 7) is 3.28. The van der Waals surface area contributed by atoms with Gasteiger partial charge >= 0.3 is 0 Å². The first-order chi connectivity index (χ1) is 6.86. The Balaban J connectivity index is 1.48. The molecular formula is C10H18N2O2. The molecule has 4 nitrogen and oxygen atoms in total. The van der Waals surface area contributed by atoms with E-state index < -0.39 is 0 Å². The maximum atomic E-state index is 11.2. The van der Waals surface area contributed by atoms with Crippen LogP contribution >= 0.6 is 0 Å². The van der Waals surface area contributed by atoms with Crippen molar-refractivity contribution in [1.82, 2.24) is 10.6 Å². The van der Waals surface area contributed by atoms with Crippen LogP contribution in [0.1, 0.15) is 19.3 Å². The van der Waals surface area contributed by atoms with Gasteiger partial charge in [0.05, 0.1) is 6.61 Å². The molecule has 1 saturated carbocycles. The minimum absolute atomic E-state index is 0.231. The third kappa shape index (κ3) is 2.96. The first kappa shape index (κ1) is 9.93. The zero-order valence-electron chi connectivity index (χ0n) is 8.42. The number of hydrogen-bond acceptors (Lipinski definition) is 3. The second kappa shape index (κ2) is 4.75. The molecule has 2 aliphatic rings. The molecule has 0 aromatic heterocycles. The Morgan fingerprint density at radius 2 is 2.14 bits per heavy atom. The number of carbonyl (C=O) groups excluding carboxylic acids is 1. The van der Waals surface area contributed by atoms with E-state index in [1.807, 2.05) is 0 Å². The highest BCUT2D eigenvalue weighted by Crippen LogP contribution is 2.28. The third-order valence-corrected chi connectivity index (χ3v) is 2.74. The normalized spacial score (nSPS) is 26.4. The Bertz CT molecular complexity index is 198. The Labute approximate surface area is 84.4 Å². The van der Waals surface area contributed by atoms with Gasteiger partial charge < -0.3 is 15.4 Å². The Morgan fingerprint density at radius 3 is 2.79 bits per heavy atom. The SMILES string of the molecule is O=C(NCCNC1CCOC1)C1CC1. The molecule has 0 bridgehead atoms. The fourth-order valence-corrected chi connectivity index (χ4v) is 1.65. The number of hydrogen-bond donors (Lipinski definition) is 2. The lowest BCUT2D eigenvalue weighted by molar-refractivity contribution is -0.122. The van der Waals surface area contributed by atoms with Gasteiger partial charge in [0.1, 0.15) is 0 Å². The molecule has 0 aromatic carbocycles. The zero-order valence-corrected chi connectivity index (χ0v) is 8.42. The van der Waals surface area contributed by atoms with Crippen LogP contribution in [0.5, 0.6) is 0 Å². The summed E-state index contributed by atoms with van der Waals surface area (Å²) in [5, 5.41) is 6.28. The van der Waals surface area contributed by atoms with Crippen LogP contribution in [0.2, 0.25) is 0 Å². The lowest BCUT2D eigenvalue weighted by atomic mass is 10.2. The number of amides is 1. The largest absolute Gasteiger partial charge is 0.380 e. The molecule has 2 rings (SSSR count). The van der Waals surface area contributed by atoms with Crippen LogP contribution in [0.25, 0.3) is 0 Å². The number of nitrogens with one attached hydrogen (secondary N) is 2. The number of carbonyl (C=O) groups is 1. The van der Waals surface area contributed by atoms with E-state index >= 15 is 0 Å². The molecule has 2 fully saturated rings. The summed E-state index contributed by atoms with van der Waals surface area (Å²) < 4.78 is 5.23. The van der Waals surface area contributed by atoms with Crippen LogP contribution in [0.3, 0.4) is 0 Å². The maximum Gasteiger partial charge on any atom is 0.223 e. The first-order valence-corrected chi connectivity index (χ1v) is 5.45. The minimum Gasteiger partial charge on any atom is -0.380 e. The molecule has 1 aliphatic carbocycles. The highest BCUT2D eigenvalue weighted by molar-refractivity contribution is 5.80. The van der Waals surface area contributed by atoms with E-state index in [1.54, 1.807) is 0 Å². The lowest BCUT2D eigenvalue weighted by Gasteiger charge is -2.10. The Hall–Kier alpha value is -0.610. The van der Waals surface area contributed by atoms with Crippen LogP contribution in [-0.4, -0.2) is 38.3 Å². The molecule has 1 amide bonds. The minimum atomic E-state index is 0.231. The molecule has 4 heteroatoms. The van der Waals surface area contributed by atoms with Crippen molar-refractivity contribution in [2.45, 2.75) is 25.3 Å². The van der Waals surface area contributed by atoms with Crippen LogP contribution in [0.4, 0.5) is 0 Å². The quantitative estimate of drug-likeness (QED) is 0.606. The summed E-state index contributed by atoms with van der Waals surface area (Å²) in [7, 11) is 0. The van der Waals surface area contributed by atoms with Crippen molar-refractivity contribution >= 4 is 5.91 Å². The monoisotopic (exact) mass is 198 g/mol. The van der Waals surface area contributed by atoms with Crippen molar-refractivity contribution in [3.05, 3.63) is 0 Å². The molecule has 0 radical (unpaired) electrons. The summed E-state index contributed by atoms with van der Waals surface area (Å²) in [5.74, 6) is 0.555. The van der Waals surface area contributed by atoms with E-state index in [2.05, 4.69) is 10.6 Å². The summed E-state index contributed by atoms with van der Waals surface area (Å²) in [6.07, 6.45) is 3.25. The summed E-state index contributed by atoms with van der Waals surface area (Å²) >= 11 is 0. The van der Waals surface area contributed by atoms with E-state index in [0.29, 0.717) is 12.0 Å². The predicted molar refractivity (Wildman–Crippen MR) is 53.0 cm³/mol. The molecule has 1 atom stereocenters. The smallest absolute Gasteiger partial charge is 0.223 e. The van der Waals surface area contributed by atoms with E-state index in [4.69, 9.17) is 4.74 Å². The molecular weight excluding hydrogens is 180 g/mol. The van der Waals surface area contributed by atoms with Gasteiger partial charge in [0.25, 0.3) is 0 Å². The molecule has 2 N–H and O–H groups in total. The van der Waals surface area contributed by atoms with Crippen LogP contribution in [-0.2, 0) is 9.53 Å². The van der Waals surface area contributed by atoms with Crippen LogP contribution in [0, 0.1) is 5.92 Å². The van der Waals surface area contributed by atoms with Gasteiger partial charge in [-0.15, -0.1) is 0 Å². The van der Waals surface area contributed by atoms with Gasteiger partial charge in [0.15, 0.2) is 0 Å². The highest BCUT2D eigenvalue weighted by Gasteiger charge is 2.29. The van der Waals surface area contributed by atoms with Crippen molar-refractivity contribution in [2.75, 3.05) is 26.3 Å². The van der Waals surface area contributed by atoms with E-state index in [1.165, 1.54) is 0 Å². The van der Waals surface area contributed by atoms with E-state index in [-0.39, 0.29) is 5.91 Å². The topological polar surface area (TPSA) is 50.4 Å². The van der Waals surface area contributed by atoms with Crippen molar-refractivity contribution < 1.29 is 9.53 Å². The lowest BCUT2D eigenvalue weighted by Crippen LogP contribution is -2.37. The predicted octanol–water partition coefficient (Wildman–Crippen LogP) is -0.109. The van der Waals surface area contributed by atoms with Crippen molar-refractivity contribution in [3.8, 4) is 0 Å². The standard InChI is InChI=1S/C10H18N2O2/c13-10(8-1-2-8)12-5-4-11-9-3-6-14-7-9/h8-9,11H,1-7H2,(H,12,13). The Morgan fingerprint density at radius 1 is 1.29 bits per heavy atom. The van der Waals surface area contributed by atoms with Gasteiger partial charge in [0, 0.05) is 31.7 Å². The van der Waals surface area contributed by atoms with Crippen molar-refractivity contribution in [1.29, 1.82) is 0 Å². The molecule has 0 aromatic rings. The van der Waals surface area contributed by atoms with E-state index in [0.717, 1.165) is 45.6 Å². The van der Waals surface area contributed by atoms with Gasteiger partial charge in [0.2, 0.25) is 5.91 Å². The molecule has 14 heavy (non-hydrogen) atoms. The molecule has 1 aliphatic heterocycles. The average molecular weight is 198 g/mol. The van der Waals surface area contributed by atoms with Gasteiger partial charge in [-0.25, -0.2) is 0 Å².